The number of rotatable bonds is 20. The van der Waals surface area contributed by atoms with E-state index in [4.69, 9.17) is 0 Å². The van der Waals surface area contributed by atoms with Gasteiger partial charge in [-0.05, 0) is 73.0 Å². The largest absolute Gasteiger partial charge is 0.344 e. The third kappa shape index (κ3) is 10.9. The molecule has 364 valence electrons. The van der Waals surface area contributed by atoms with Crippen LogP contribution in [0.15, 0.2) is 105 Å². The van der Waals surface area contributed by atoms with Crippen LogP contribution in [0.2, 0.25) is 0 Å². The van der Waals surface area contributed by atoms with Crippen molar-refractivity contribution >= 4 is 89.0 Å². The first-order valence-electron chi connectivity index (χ1n) is 21.6. The molecule has 0 bridgehead atoms. The Labute approximate surface area is 393 Å². The van der Waals surface area contributed by atoms with E-state index in [0.29, 0.717) is 22.3 Å². The second-order valence-electron chi connectivity index (χ2n) is 17.5. The highest BCUT2D eigenvalue weighted by atomic mass is 32.2. The Hall–Kier alpha value is -4.36. The van der Waals surface area contributed by atoms with E-state index in [1.165, 1.54) is 6.07 Å². The van der Waals surface area contributed by atoms with Gasteiger partial charge in [0.2, 0.25) is 25.7 Å². The number of hydrogen-bond donors (Lipinski definition) is 5. The molecule has 0 amide bonds. The maximum Gasteiger partial charge on any atom is 0.294 e. The molecule has 0 fully saturated rings. The normalized spacial score (nSPS) is 17.2. The molecule has 4 aromatic carbocycles. The van der Waals surface area contributed by atoms with Crippen molar-refractivity contribution in [3.8, 4) is 0 Å². The van der Waals surface area contributed by atoms with Gasteiger partial charge in [0.25, 0.3) is 30.4 Å². The molecule has 0 aromatic heterocycles. The molecule has 0 radical (unpaired) electrons. The predicted molar refractivity (Wildman–Crippen MR) is 260 cm³/mol. The summed E-state index contributed by atoms with van der Waals surface area (Å²) in [5.74, 6) is -1.54. The molecule has 2 heterocycles. The van der Waals surface area contributed by atoms with Crippen molar-refractivity contribution in [2.45, 2.75) is 92.7 Å². The van der Waals surface area contributed by atoms with E-state index in [0.717, 1.165) is 60.3 Å². The minimum Gasteiger partial charge on any atom is -0.344 e. The summed E-state index contributed by atoms with van der Waals surface area (Å²) >= 11 is 0. The Kier molecular flexibility index (Phi) is 14.9. The summed E-state index contributed by atoms with van der Waals surface area (Å²) in [5.41, 5.74) is 2.86. The van der Waals surface area contributed by atoms with E-state index in [9.17, 15) is 55.7 Å². The van der Waals surface area contributed by atoms with E-state index in [-0.39, 0.29) is 35.2 Å². The molecule has 0 saturated carbocycles. The quantitative estimate of drug-likeness (QED) is 0.0280. The Morgan fingerprint density at radius 1 is 0.657 bits per heavy atom. The van der Waals surface area contributed by atoms with Crippen molar-refractivity contribution in [3.63, 3.8) is 0 Å². The average molecular weight is 1020 g/mol. The Bertz CT molecular complexity index is 3340. The maximum atomic E-state index is 13.6. The van der Waals surface area contributed by atoms with Crippen LogP contribution in [0.5, 0.6) is 0 Å². The molecular formula is C45H57N4O13S5+. The number of allylic oxidation sites excluding steroid dienone is 6. The van der Waals surface area contributed by atoms with Crippen LogP contribution in [0.1, 0.15) is 78.4 Å². The zero-order valence-electron chi connectivity index (χ0n) is 38.0. The minimum atomic E-state index is -5.02. The van der Waals surface area contributed by atoms with Gasteiger partial charge in [0.1, 0.15) is 6.54 Å². The van der Waals surface area contributed by atoms with Gasteiger partial charge >= 0.3 is 0 Å². The number of hydrogen-bond acceptors (Lipinski definition) is 11. The Morgan fingerprint density at radius 2 is 1.31 bits per heavy atom. The van der Waals surface area contributed by atoms with Crippen LogP contribution >= 0.6 is 0 Å². The molecule has 2 aliphatic rings. The van der Waals surface area contributed by atoms with E-state index < -0.39 is 89.1 Å². The van der Waals surface area contributed by atoms with Crippen LogP contribution < -0.4 is 14.3 Å². The lowest BCUT2D eigenvalue weighted by Crippen LogP contribution is -2.30. The highest BCUT2D eigenvalue weighted by molar-refractivity contribution is 7.90. The number of nitrogens with one attached hydrogen (secondary N) is 2. The first kappa shape index (κ1) is 52.0. The molecule has 22 heteroatoms. The summed E-state index contributed by atoms with van der Waals surface area (Å²) in [7, 11) is -22.4. The predicted octanol–water partition coefficient (Wildman–Crippen LogP) is 6.34. The topological polar surface area (TPSA) is 262 Å². The zero-order chi connectivity index (χ0) is 49.5. The smallest absolute Gasteiger partial charge is 0.294 e. The monoisotopic (exact) mass is 1020 g/mol. The van der Waals surface area contributed by atoms with Crippen molar-refractivity contribution in [3.05, 3.63) is 102 Å². The lowest BCUT2D eigenvalue weighted by Gasteiger charge is -2.27. The molecule has 2 aliphatic heterocycles. The molecule has 0 unspecified atom stereocenters. The number of benzene rings is 4. The van der Waals surface area contributed by atoms with Gasteiger partial charge in [-0.3, -0.25) is 13.7 Å². The molecule has 17 nitrogen and oxygen atoms in total. The summed E-state index contributed by atoms with van der Waals surface area (Å²) < 4.78 is 161. The third-order valence-corrected chi connectivity index (χ3v) is 17.6. The molecule has 0 atom stereocenters. The van der Waals surface area contributed by atoms with Gasteiger partial charge in [-0.15, -0.1) is 0 Å². The number of unbranched alkanes of at least 4 members (excludes halogenated alkanes) is 2. The van der Waals surface area contributed by atoms with Gasteiger partial charge in [-0.1, -0.05) is 77.0 Å². The Balaban J connectivity index is 1.45. The van der Waals surface area contributed by atoms with E-state index in [2.05, 4.69) is 35.1 Å². The van der Waals surface area contributed by atoms with Crippen molar-refractivity contribution < 1.29 is 60.3 Å². The van der Waals surface area contributed by atoms with Gasteiger partial charge in [0.05, 0.1) is 31.6 Å². The first-order valence-corrected chi connectivity index (χ1v) is 29.2. The fourth-order valence-electron chi connectivity index (χ4n) is 9.25. The number of anilines is 1. The lowest BCUT2D eigenvalue weighted by atomic mass is 9.79. The number of fused-ring (bicyclic) bond motifs is 6. The SMILES string of the molecule is CCCCCN1/C(=C/C=C/C=C/C2=[N+](CCCS(=O)(=O)O)c3ccc4c(S(=O)(=O)NCCS(=O)(=O)O)cc(S(=O)(=O)O)cc4c3C2(C)C)C(C)(C)c2c1ccc1c(S(=O)(=O)NCC)cccc21. The molecule has 4 aromatic rings. The fourth-order valence-corrected chi connectivity index (χ4v) is 13.4. The average Bonchev–Trinajstić information content (AvgIpc) is 3.56. The summed E-state index contributed by atoms with van der Waals surface area (Å²) in [6.07, 6.45) is 12.2. The molecular weight excluding hydrogens is 965 g/mol. The maximum absolute atomic E-state index is 13.6. The minimum absolute atomic E-state index is 0.0279. The first-order chi connectivity index (χ1) is 31.1. The molecule has 0 spiro atoms. The van der Waals surface area contributed by atoms with Gasteiger partial charge in [-0.2, -0.15) is 29.8 Å². The highest BCUT2D eigenvalue weighted by Gasteiger charge is 2.46. The Morgan fingerprint density at radius 3 is 1.96 bits per heavy atom. The van der Waals surface area contributed by atoms with Gasteiger partial charge in [0.15, 0.2) is 5.71 Å². The van der Waals surface area contributed by atoms with Crippen LogP contribution in [-0.2, 0) is 61.2 Å². The van der Waals surface area contributed by atoms with Gasteiger partial charge in [-0.25, -0.2) is 26.3 Å². The summed E-state index contributed by atoms with van der Waals surface area (Å²) in [6, 6.07) is 14.1. The molecule has 0 aliphatic carbocycles. The van der Waals surface area contributed by atoms with Crippen LogP contribution in [0, 0.1) is 0 Å². The van der Waals surface area contributed by atoms with Gasteiger partial charge < -0.3 is 4.90 Å². The van der Waals surface area contributed by atoms with Gasteiger partial charge in [0, 0.05) is 71.3 Å². The van der Waals surface area contributed by atoms with Crippen LogP contribution in [0.25, 0.3) is 21.5 Å². The zero-order valence-corrected chi connectivity index (χ0v) is 42.1. The van der Waals surface area contributed by atoms with E-state index in [1.54, 1.807) is 41.9 Å². The third-order valence-electron chi connectivity index (χ3n) is 12.1. The second kappa shape index (κ2) is 19.2. The van der Waals surface area contributed by atoms with Crippen molar-refractivity contribution in [2.24, 2.45) is 0 Å². The summed E-state index contributed by atoms with van der Waals surface area (Å²) in [5, 5.41) is 1.59. The number of nitrogens with zero attached hydrogens (tertiary/aromatic N) is 2. The van der Waals surface area contributed by atoms with Crippen molar-refractivity contribution in [1.29, 1.82) is 0 Å². The molecule has 6 rings (SSSR count). The standard InChI is InChI=1S/C45H56N4O13S5/c1-7-9-13-25-48-36-22-20-32-34(16-14-17-38(32)65(56,57)46-8-2)42(36)44(3,4)40(48)18-11-10-12-19-41-45(5,6)43-35-29-31(67(60,61)62)30-39(66(58,59)47-24-28-64(53,54)55)33(35)21-23-37(43)49(41)26-15-27-63(50,51)52/h10-12,14,16-23,29-30,46-47H,7-9,13,15,24-28H2,1-6H3,(H2-,50,51,52,53,54,55,60,61,62)/p+1. The lowest BCUT2D eigenvalue weighted by molar-refractivity contribution is -0.437. The molecule has 5 N–H and O–H groups in total. The van der Waals surface area contributed by atoms with Crippen LogP contribution in [-0.4, -0.2) is 104 Å². The fraction of sp³-hybridized carbons (Fsp3) is 0.400. The van der Waals surface area contributed by atoms with Crippen LogP contribution in [0.3, 0.4) is 0 Å². The van der Waals surface area contributed by atoms with E-state index >= 15 is 0 Å². The summed E-state index contributed by atoms with van der Waals surface area (Å²) in [4.78, 5) is 1.13. The molecule has 67 heavy (non-hydrogen) atoms. The number of sulfonamides is 2. The molecule has 0 saturated heterocycles. The van der Waals surface area contributed by atoms with Crippen molar-refractivity contribution in [2.75, 3.05) is 42.6 Å². The summed E-state index contributed by atoms with van der Waals surface area (Å²) in [6.45, 7) is 12.0. The van der Waals surface area contributed by atoms with Crippen molar-refractivity contribution in [1.82, 2.24) is 9.44 Å². The highest BCUT2D eigenvalue weighted by Crippen LogP contribution is 2.52. The van der Waals surface area contributed by atoms with Crippen LogP contribution in [0.4, 0.5) is 11.4 Å². The second-order valence-corrected chi connectivity index (χ2v) is 25.6. The van der Waals surface area contributed by atoms with E-state index in [1.807, 2.05) is 50.3 Å².